The van der Waals surface area contributed by atoms with Gasteiger partial charge in [0.1, 0.15) is 5.76 Å². The second-order valence-corrected chi connectivity index (χ2v) is 12.6. The number of hydrogen-bond donors (Lipinski definition) is 1. The van der Waals surface area contributed by atoms with Gasteiger partial charge in [-0.3, -0.25) is 4.79 Å². The lowest BCUT2D eigenvalue weighted by Crippen LogP contribution is -2.34. The molecule has 0 bridgehead atoms. The third kappa shape index (κ3) is 5.18. The number of furan rings is 1. The number of aryl methyl sites for hydroxylation is 1. The molecular formula is C29H31Br2NO4. The van der Waals surface area contributed by atoms with Gasteiger partial charge in [0.15, 0.2) is 5.76 Å². The van der Waals surface area contributed by atoms with Crippen LogP contribution in [0, 0.1) is 6.92 Å². The van der Waals surface area contributed by atoms with Crippen LogP contribution in [-0.2, 0) is 22.0 Å². The smallest absolute Gasteiger partial charge is 0.340 e. The molecule has 190 valence electrons. The van der Waals surface area contributed by atoms with Gasteiger partial charge >= 0.3 is 5.97 Å². The number of ether oxygens (including phenoxy) is 1. The maximum Gasteiger partial charge on any atom is 0.340 e. The standard InChI is InChI=1S/C29H31Br2NO4/c1-16-11-21-22(29(4,5)10-9-28(21,2)3)13-17(16)12-19-7-8-24(36-19)26(33)32-25-20(27(34)35-6)14-18(30)15-23(25)31/h7-8,11,13-15H,9-10,12H2,1-6H3,(H,32,33). The normalized spacial score (nSPS) is 15.8. The maximum absolute atomic E-state index is 13.0. The van der Waals surface area contributed by atoms with E-state index in [-0.39, 0.29) is 22.2 Å². The lowest BCUT2D eigenvalue weighted by atomic mass is 9.62. The molecule has 0 saturated heterocycles. The van der Waals surface area contributed by atoms with Crippen LogP contribution in [0.2, 0.25) is 0 Å². The zero-order valence-electron chi connectivity index (χ0n) is 21.5. The summed E-state index contributed by atoms with van der Waals surface area (Å²) in [6, 6.07) is 11.5. The fraction of sp³-hybridized carbons (Fsp3) is 0.379. The van der Waals surface area contributed by atoms with Crippen molar-refractivity contribution in [1.29, 1.82) is 0 Å². The second-order valence-electron chi connectivity index (χ2n) is 10.8. The van der Waals surface area contributed by atoms with E-state index in [0.717, 1.165) is 6.42 Å². The Morgan fingerprint density at radius 2 is 1.64 bits per heavy atom. The van der Waals surface area contributed by atoms with Crippen molar-refractivity contribution in [2.75, 3.05) is 12.4 Å². The van der Waals surface area contributed by atoms with Gasteiger partial charge < -0.3 is 14.5 Å². The number of esters is 1. The zero-order chi connectivity index (χ0) is 26.4. The third-order valence-corrected chi connectivity index (χ3v) is 8.34. The van der Waals surface area contributed by atoms with Crippen molar-refractivity contribution in [3.63, 3.8) is 0 Å². The Bertz CT molecular complexity index is 1350. The number of fused-ring (bicyclic) bond motifs is 1. The molecule has 0 spiro atoms. The molecule has 36 heavy (non-hydrogen) atoms. The van der Waals surface area contributed by atoms with Crippen molar-refractivity contribution in [1.82, 2.24) is 0 Å². The van der Waals surface area contributed by atoms with Gasteiger partial charge in [-0.2, -0.15) is 0 Å². The number of halogens is 2. The zero-order valence-corrected chi connectivity index (χ0v) is 24.6. The van der Waals surface area contributed by atoms with Gasteiger partial charge in [-0.25, -0.2) is 4.79 Å². The third-order valence-electron chi connectivity index (χ3n) is 7.26. The Labute approximate surface area is 229 Å². The maximum atomic E-state index is 13.0. The van der Waals surface area contributed by atoms with Crippen molar-refractivity contribution < 1.29 is 18.7 Å². The van der Waals surface area contributed by atoms with Crippen LogP contribution in [0.3, 0.4) is 0 Å². The van der Waals surface area contributed by atoms with Crippen LogP contribution < -0.4 is 5.32 Å². The van der Waals surface area contributed by atoms with E-state index >= 15 is 0 Å². The Balaban J connectivity index is 1.59. The summed E-state index contributed by atoms with van der Waals surface area (Å²) in [5.74, 6) is -0.118. The van der Waals surface area contributed by atoms with Crippen LogP contribution in [0.1, 0.15) is 89.5 Å². The molecule has 1 amide bonds. The van der Waals surface area contributed by atoms with E-state index in [4.69, 9.17) is 9.15 Å². The molecule has 4 rings (SSSR count). The first-order valence-electron chi connectivity index (χ1n) is 11.9. The lowest BCUT2D eigenvalue weighted by Gasteiger charge is -2.42. The average molecular weight is 617 g/mol. The molecule has 5 nitrogen and oxygen atoms in total. The fourth-order valence-electron chi connectivity index (χ4n) is 4.89. The number of nitrogens with one attached hydrogen (secondary N) is 1. The minimum Gasteiger partial charge on any atom is -0.465 e. The first kappa shape index (κ1) is 26.7. The van der Waals surface area contributed by atoms with Crippen molar-refractivity contribution in [2.24, 2.45) is 0 Å². The molecule has 0 unspecified atom stereocenters. The van der Waals surface area contributed by atoms with Crippen molar-refractivity contribution in [3.05, 3.63) is 84.7 Å². The number of amides is 1. The van der Waals surface area contributed by atoms with E-state index in [0.29, 0.717) is 26.8 Å². The van der Waals surface area contributed by atoms with Crippen LogP contribution in [-0.4, -0.2) is 19.0 Å². The fourth-order valence-corrected chi connectivity index (χ4v) is 6.21. The molecule has 2 aromatic carbocycles. The number of benzene rings is 2. The van der Waals surface area contributed by atoms with Gasteiger partial charge in [0.2, 0.25) is 0 Å². The molecule has 1 heterocycles. The minimum atomic E-state index is -0.554. The number of methoxy groups -OCH3 is 1. The van der Waals surface area contributed by atoms with Gasteiger partial charge in [0.05, 0.1) is 18.4 Å². The van der Waals surface area contributed by atoms with Gasteiger partial charge in [-0.1, -0.05) is 55.8 Å². The van der Waals surface area contributed by atoms with E-state index in [1.807, 2.05) is 6.07 Å². The molecule has 1 aromatic heterocycles. The summed E-state index contributed by atoms with van der Waals surface area (Å²) in [4.78, 5) is 25.3. The SMILES string of the molecule is COC(=O)c1cc(Br)cc(Br)c1NC(=O)c1ccc(Cc2cc3c(cc2C)C(C)(C)CCC3(C)C)o1. The van der Waals surface area contributed by atoms with E-state index in [1.165, 1.54) is 35.8 Å². The topological polar surface area (TPSA) is 68.5 Å². The van der Waals surface area contributed by atoms with Crippen molar-refractivity contribution in [2.45, 2.75) is 64.7 Å². The van der Waals surface area contributed by atoms with E-state index in [1.54, 1.807) is 18.2 Å². The van der Waals surface area contributed by atoms with Gasteiger partial charge in [-0.05, 0) is 93.0 Å². The van der Waals surface area contributed by atoms with E-state index in [9.17, 15) is 9.59 Å². The van der Waals surface area contributed by atoms with Crippen LogP contribution in [0.15, 0.2) is 49.8 Å². The largest absolute Gasteiger partial charge is 0.465 e. The highest BCUT2D eigenvalue weighted by atomic mass is 79.9. The summed E-state index contributed by atoms with van der Waals surface area (Å²) in [5.41, 5.74) is 6.09. The molecule has 0 aliphatic heterocycles. The van der Waals surface area contributed by atoms with E-state index < -0.39 is 11.9 Å². The summed E-state index contributed by atoms with van der Waals surface area (Å²) >= 11 is 6.78. The minimum absolute atomic E-state index is 0.122. The van der Waals surface area contributed by atoms with Crippen LogP contribution in [0.25, 0.3) is 0 Å². The quantitative estimate of drug-likeness (QED) is 0.294. The summed E-state index contributed by atoms with van der Waals surface area (Å²) in [6.07, 6.45) is 2.92. The second kappa shape index (κ2) is 9.82. The van der Waals surface area contributed by atoms with Gasteiger partial charge in [-0.15, -0.1) is 0 Å². The van der Waals surface area contributed by atoms with E-state index in [2.05, 4.69) is 83.9 Å². The number of carbonyl (C=O) groups is 2. The van der Waals surface area contributed by atoms with Crippen molar-refractivity contribution >= 4 is 49.4 Å². The molecule has 1 aliphatic carbocycles. The first-order chi connectivity index (χ1) is 16.8. The average Bonchev–Trinajstić information content (AvgIpc) is 3.27. The first-order valence-corrected chi connectivity index (χ1v) is 13.5. The number of rotatable bonds is 5. The van der Waals surface area contributed by atoms with Crippen molar-refractivity contribution in [3.8, 4) is 0 Å². The molecule has 0 fully saturated rings. The molecule has 0 atom stereocenters. The number of carbonyl (C=O) groups excluding carboxylic acids is 2. The highest BCUT2D eigenvalue weighted by Crippen LogP contribution is 2.46. The summed E-state index contributed by atoms with van der Waals surface area (Å²) in [5, 5.41) is 2.79. The molecule has 0 radical (unpaired) electrons. The predicted octanol–water partition coefficient (Wildman–Crippen LogP) is 8.09. The Kier molecular flexibility index (Phi) is 7.28. The van der Waals surface area contributed by atoms with Crippen LogP contribution in [0.4, 0.5) is 5.69 Å². The van der Waals surface area contributed by atoms with Gasteiger partial charge in [0, 0.05) is 15.4 Å². The van der Waals surface area contributed by atoms with Gasteiger partial charge in [0.25, 0.3) is 5.91 Å². The molecule has 7 heteroatoms. The lowest BCUT2D eigenvalue weighted by molar-refractivity contribution is 0.0601. The summed E-state index contributed by atoms with van der Waals surface area (Å²) in [7, 11) is 1.30. The number of hydrogen-bond acceptors (Lipinski definition) is 4. The van der Waals surface area contributed by atoms with Crippen LogP contribution in [0.5, 0.6) is 0 Å². The molecule has 0 saturated carbocycles. The Morgan fingerprint density at radius 3 is 2.28 bits per heavy atom. The number of anilines is 1. The molecular weight excluding hydrogens is 586 g/mol. The molecule has 3 aromatic rings. The summed E-state index contributed by atoms with van der Waals surface area (Å²) < 4.78 is 12.0. The highest BCUT2D eigenvalue weighted by Gasteiger charge is 2.37. The van der Waals surface area contributed by atoms with Crippen LogP contribution >= 0.6 is 31.9 Å². The Morgan fingerprint density at radius 1 is 1.00 bits per heavy atom. The summed E-state index contributed by atoms with van der Waals surface area (Å²) in [6.45, 7) is 11.4. The molecule has 1 aliphatic rings. The predicted molar refractivity (Wildman–Crippen MR) is 149 cm³/mol. The Hall–Kier alpha value is -2.38. The monoisotopic (exact) mass is 615 g/mol. The highest BCUT2D eigenvalue weighted by molar-refractivity contribution is 9.11. The molecule has 1 N–H and O–H groups in total.